The van der Waals surface area contributed by atoms with Crippen molar-refractivity contribution in [1.82, 2.24) is 20.8 Å². The second-order valence-corrected chi connectivity index (χ2v) is 6.08. The Kier molecular flexibility index (Phi) is 6.04. The van der Waals surface area contributed by atoms with Crippen LogP contribution in [0.1, 0.15) is 30.3 Å². The highest BCUT2D eigenvalue weighted by Crippen LogP contribution is 2.20. The third kappa shape index (κ3) is 4.25. The largest absolute Gasteiger partial charge is 0.346 e. The number of hydrogen-bond donors (Lipinski definition) is 3. The molecule has 1 fully saturated rings. The molecule has 7 heteroatoms. The molecule has 0 aliphatic carbocycles. The highest BCUT2D eigenvalue weighted by atomic mass is 35.5. The highest BCUT2D eigenvalue weighted by Gasteiger charge is 2.23. The Morgan fingerprint density at radius 2 is 2.09 bits per heavy atom. The van der Waals surface area contributed by atoms with E-state index in [0.29, 0.717) is 10.7 Å². The molecule has 1 aliphatic heterocycles. The number of carbonyl (C=O) groups is 1. The number of amides is 1. The van der Waals surface area contributed by atoms with Gasteiger partial charge in [-0.2, -0.15) is 5.10 Å². The molecule has 124 valence electrons. The summed E-state index contributed by atoms with van der Waals surface area (Å²) < 4.78 is 0. The Balaban J connectivity index is 0.00000192. The van der Waals surface area contributed by atoms with Crippen LogP contribution in [0.25, 0.3) is 11.3 Å². The quantitative estimate of drug-likeness (QED) is 0.793. The van der Waals surface area contributed by atoms with Gasteiger partial charge in [-0.05, 0) is 44.5 Å². The average molecular weight is 355 g/mol. The Bertz CT molecular complexity index is 656. The number of carbonyl (C=O) groups excluding carboxylic acids is 1. The van der Waals surface area contributed by atoms with Gasteiger partial charge in [0.25, 0.3) is 5.91 Å². The van der Waals surface area contributed by atoms with Gasteiger partial charge >= 0.3 is 0 Å². The molecule has 2 heterocycles. The van der Waals surface area contributed by atoms with Crippen molar-refractivity contribution in [2.75, 3.05) is 6.54 Å². The number of benzene rings is 1. The van der Waals surface area contributed by atoms with E-state index in [-0.39, 0.29) is 30.4 Å². The molecule has 2 aromatic rings. The van der Waals surface area contributed by atoms with Gasteiger partial charge in [0.05, 0.1) is 5.69 Å². The van der Waals surface area contributed by atoms with Crippen LogP contribution >= 0.6 is 24.0 Å². The van der Waals surface area contributed by atoms with Crippen LogP contribution in [0.15, 0.2) is 30.3 Å². The second-order valence-electron chi connectivity index (χ2n) is 5.64. The number of nitrogens with zero attached hydrogens (tertiary/aromatic N) is 1. The lowest BCUT2D eigenvalue weighted by Gasteiger charge is -2.30. The van der Waals surface area contributed by atoms with Crippen LogP contribution in [0.4, 0.5) is 0 Å². The zero-order valence-electron chi connectivity index (χ0n) is 12.8. The van der Waals surface area contributed by atoms with Gasteiger partial charge in [0, 0.05) is 22.7 Å². The molecule has 23 heavy (non-hydrogen) atoms. The fourth-order valence-electron chi connectivity index (χ4n) is 2.69. The van der Waals surface area contributed by atoms with Gasteiger partial charge in [0.15, 0.2) is 0 Å². The van der Waals surface area contributed by atoms with Gasteiger partial charge in [0.1, 0.15) is 5.69 Å². The van der Waals surface area contributed by atoms with Gasteiger partial charge in [-0.3, -0.25) is 9.89 Å². The smallest absolute Gasteiger partial charge is 0.269 e. The maximum absolute atomic E-state index is 12.3. The van der Waals surface area contributed by atoms with Crippen molar-refractivity contribution in [3.05, 3.63) is 41.0 Å². The summed E-state index contributed by atoms with van der Waals surface area (Å²) in [5, 5.41) is 14.1. The van der Waals surface area contributed by atoms with Gasteiger partial charge in [-0.1, -0.05) is 23.7 Å². The van der Waals surface area contributed by atoms with Crippen LogP contribution in [-0.2, 0) is 0 Å². The summed E-state index contributed by atoms with van der Waals surface area (Å²) in [7, 11) is 0. The predicted molar refractivity (Wildman–Crippen MR) is 94.2 cm³/mol. The lowest BCUT2D eigenvalue weighted by molar-refractivity contribution is 0.0914. The molecule has 0 saturated carbocycles. The summed E-state index contributed by atoms with van der Waals surface area (Å²) in [6.45, 7) is 3.11. The normalized spacial score (nSPS) is 20.6. The Morgan fingerprint density at radius 3 is 2.78 bits per heavy atom. The fourth-order valence-corrected chi connectivity index (χ4v) is 2.82. The summed E-state index contributed by atoms with van der Waals surface area (Å²) in [5.41, 5.74) is 2.13. The predicted octanol–water partition coefficient (Wildman–Crippen LogP) is 3.02. The Morgan fingerprint density at radius 1 is 1.35 bits per heavy atom. The molecule has 3 rings (SSSR count). The minimum absolute atomic E-state index is 0. The van der Waals surface area contributed by atoms with Crippen LogP contribution in [0.2, 0.25) is 5.02 Å². The van der Waals surface area contributed by atoms with Crippen molar-refractivity contribution in [1.29, 1.82) is 0 Å². The molecule has 1 amide bonds. The molecule has 1 aromatic carbocycles. The number of hydrogen-bond acceptors (Lipinski definition) is 3. The van der Waals surface area contributed by atoms with E-state index >= 15 is 0 Å². The second kappa shape index (κ2) is 7.81. The molecule has 5 nitrogen and oxygen atoms in total. The molecule has 0 spiro atoms. The number of nitrogens with one attached hydrogen (secondary N) is 3. The lowest BCUT2D eigenvalue weighted by Crippen LogP contribution is -2.51. The van der Waals surface area contributed by atoms with E-state index in [1.807, 2.05) is 12.1 Å². The van der Waals surface area contributed by atoms with E-state index < -0.39 is 0 Å². The molecular formula is C16H20Cl2N4O. The van der Waals surface area contributed by atoms with Crippen molar-refractivity contribution in [3.63, 3.8) is 0 Å². The van der Waals surface area contributed by atoms with E-state index in [1.165, 1.54) is 0 Å². The van der Waals surface area contributed by atoms with Gasteiger partial charge in [-0.25, -0.2) is 0 Å². The summed E-state index contributed by atoms with van der Waals surface area (Å²) in [4.78, 5) is 12.3. The third-order valence-corrected chi connectivity index (χ3v) is 4.29. The van der Waals surface area contributed by atoms with Crippen LogP contribution in [-0.4, -0.2) is 34.7 Å². The Hall–Kier alpha value is -1.56. The average Bonchev–Trinajstić information content (AvgIpc) is 3.00. The summed E-state index contributed by atoms with van der Waals surface area (Å²) >= 11 is 5.88. The fraction of sp³-hybridized carbons (Fsp3) is 0.375. The molecule has 0 bridgehead atoms. The first-order chi connectivity index (χ1) is 10.6. The topological polar surface area (TPSA) is 69.8 Å². The molecule has 1 aromatic heterocycles. The SMILES string of the molecule is CC1NCCCC1NC(=O)c1cc(-c2ccc(Cl)cc2)n[nH]1.Cl. The van der Waals surface area contributed by atoms with Crippen molar-refractivity contribution in [3.8, 4) is 11.3 Å². The van der Waals surface area contributed by atoms with Crippen molar-refractivity contribution < 1.29 is 4.79 Å². The third-order valence-electron chi connectivity index (χ3n) is 4.04. The van der Waals surface area contributed by atoms with E-state index in [4.69, 9.17) is 11.6 Å². The molecule has 0 radical (unpaired) electrons. The molecule has 1 saturated heterocycles. The monoisotopic (exact) mass is 354 g/mol. The van der Waals surface area contributed by atoms with Crippen molar-refractivity contribution in [2.45, 2.75) is 31.8 Å². The minimum atomic E-state index is -0.117. The first kappa shape index (κ1) is 17.8. The van der Waals surface area contributed by atoms with Crippen LogP contribution in [0.5, 0.6) is 0 Å². The van der Waals surface area contributed by atoms with Crippen LogP contribution < -0.4 is 10.6 Å². The zero-order valence-corrected chi connectivity index (χ0v) is 14.4. The number of rotatable bonds is 3. The van der Waals surface area contributed by atoms with E-state index in [2.05, 4.69) is 27.8 Å². The summed E-state index contributed by atoms with van der Waals surface area (Å²) in [6, 6.07) is 9.58. The van der Waals surface area contributed by atoms with E-state index in [9.17, 15) is 4.79 Å². The molecule has 2 unspecified atom stereocenters. The lowest BCUT2D eigenvalue weighted by atomic mass is 10.00. The Labute approximate surface area is 146 Å². The first-order valence-corrected chi connectivity index (χ1v) is 7.87. The number of H-pyrrole nitrogens is 1. The maximum atomic E-state index is 12.3. The van der Waals surface area contributed by atoms with Crippen LogP contribution in [0, 0.1) is 0 Å². The molecule has 1 aliphatic rings. The van der Waals surface area contributed by atoms with Gasteiger partial charge in [0.2, 0.25) is 0 Å². The summed E-state index contributed by atoms with van der Waals surface area (Å²) in [5.74, 6) is -0.117. The molecule has 3 N–H and O–H groups in total. The van der Waals surface area contributed by atoms with Crippen molar-refractivity contribution in [2.24, 2.45) is 0 Å². The number of piperidine rings is 1. The number of aromatic nitrogens is 2. The van der Waals surface area contributed by atoms with Gasteiger partial charge < -0.3 is 10.6 Å². The van der Waals surface area contributed by atoms with Gasteiger partial charge in [-0.15, -0.1) is 12.4 Å². The minimum Gasteiger partial charge on any atom is -0.346 e. The number of aromatic amines is 1. The zero-order chi connectivity index (χ0) is 15.5. The van der Waals surface area contributed by atoms with Crippen LogP contribution in [0.3, 0.4) is 0 Å². The first-order valence-electron chi connectivity index (χ1n) is 7.49. The van der Waals surface area contributed by atoms with E-state index in [0.717, 1.165) is 30.6 Å². The standard InChI is InChI=1S/C16H19ClN4O.ClH/c1-10-13(3-2-8-18-10)19-16(22)15-9-14(20-21-15)11-4-6-12(17)7-5-11;/h4-7,9-10,13,18H,2-3,8H2,1H3,(H,19,22)(H,20,21);1H. The molecule has 2 atom stereocenters. The van der Waals surface area contributed by atoms with E-state index in [1.54, 1.807) is 18.2 Å². The number of halogens is 2. The highest BCUT2D eigenvalue weighted by molar-refractivity contribution is 6.30. The van der Waals surface area contributed by atoms with Crippen molar-refractivity contribution >= 4 is 29.9 Å². The molecular weight excluding hydrogens is 335 g/mol. The maximum Gasteiger partial charge on any atom is 0.269 e. The summed E-state index contributed by atoms with van der Waals surface area (Å²) in [6.07, 6.45) is 2.08.